The van der Waals surface area contributed by atoms with Crippen molar-refractivity contribution < 1.29 is 22.8 Å². The van der Waals surface area contributed by atoms with E-state index in [0.29, 0.717) is 19.8 Å². The number of nitrogens with zero attached hydrogens (tertiary/aromatic N) is 4. The zero-order valence-corrected chi connectivity index (χ0v) is 16.0. The summed E-state index contributed by atoms with van der Waals surface area (Å²) in [4.78, 5) is 20.9. The van der Waals surface area contributed by atoms with Gasteiger partial charge in [-0.05, 0) is 31.2 Å². The fourth-order valence-corrected chi connectivity index (χ4v) is 3.02. The first-order valence-corrected chi connectivity index (χ1v) is 9.32. The Morgan fingerprint density at radius 2 is 1.93 bits per heavy atom. The number of hydrogen-bond donors (Lipinski definition) is 2. The van der Waals surface area contributed by atoms with Gasteiger partial charge in [-0.25, -0.2) is 9.97 Å². The van der Waals surface area contributed by atoms with Crippen molar-refractivity contribution in [3.8, 4) is 0 Å². The van der Waals surface area contributed by atoms with Crippen LogP contribution in [-0.2, 0) is 10.9 Å². The lowest BCUT2D eigenvalue weighted by molar-refractivity contribution is -0.383. The summed E-state index contributed by atoms with van der Waals surface area (Å²) < 4.78 is 44.0. The molecule has 30 heavy (non-hydrogen) atoms. The topological polar surface area (TPSA) is 105 Å². The summed E-state index contributed by atoms with van der Waals surface area (Å²) in [5.41, 5.74) is -1.27. The molecule has 2 N–H and O–H groups in total. The summed E-state index contributed by atoms with van der Waals surface area (Å²) in [5.74, 6) is -0.184. The van der Waals surface area contributed by atoms with Crippen molar-refractivity contribution >= 4 is 23.0 Å². The Hall–Kier alpha value is -2.99. The van der Waals surface area contributed by atoms with Crippen molar-refractivity contribution in [1.82, 2.24) is 14.9 Å². The molecule has 0 unspecified atom stereocenters. The first-order chi connectivity index (χ1) is 14.3. The van der Waals surface area contributed by atoms with Crippen LogP contribution in [0.4, 0.5) is 36.2 Å². The number of nitrogens with one attached hydrogen (secondary N) is 2. The van der Waals surface area contributed by atoms with Crippen LogP contribution in [0.2, 0.25) is 0 Å². The third-order valence-corrected chi connectivity index (χ3v) is 4.50. The van der Waals surface area contributed by atoms with Gasteiger partial charge in [0.15, 0.2) is 0 Å². The van der Waals surface area contributed by atoms with Gasteiger partial charge in [0, 0.05) is 25.3 Å². The quantitative estimate of drug-likeness (QED) is 0.376. The van der Waals surface area contributed by atoms with Crippen LogP contribution in [0.25, 0.3) is 0 Å². The average molecular weight is 426 g/mol. The zero-order chi connectivity index (χ0) is 21.6. The van der Waals surface area contributed by atoms with Gasteiger partial charge in [0.1, 0.15) is 6.33 Å². The molecule has 0 spiro atoms. The van der Waals surface area contributed by atoms with Gasteiger partial charge in [-0.2, -0.15) is 13.2 Å². The van der Waals surface area contributed by atoms with Gasteiger partial charge in [0.25, 0.3) is 0 Å². The maximum Gasteiger partial charge on any atom is 0.416 e. The molecule has 1 saturated heterocycles. The Labute approximate surface area is 170 Å². The number of ether oxygens (including phenoxy) is 1. The highest BCUT2D eigenvalue weighted by molar-refractivity contribution is 5.73. The summed E-state index contributed by atoms with van der Waals surface area (Å²) in [6, 6.07) is 4.36. The van der Waals surface area contributed by atoms with Crippen molar-refractivity contribution in [2.45, 2.75) is 12.6 Å². The molecule has 2 aromatic rings. The van der Waals surface area contributed by atoms with Crippen LogP contribution in [0.1, 0.15) is 12.0 Å². The molecule has 1 aromatic heterocycles. The monoisotopic (exact) mass is 426 g/mol. The number of hydrogen-bond acceptors (Lipinski definition) is 8. The normalized spacial score (nSPS) is 15.0. The molecule has 0 bridgehead atoms. The Balaban J connectivity index is 1.69. The van der Waals surface area contributed by atoms with E-state index in [4.69, 9.17) is 4.74 Å². The second-order valence-corrected chi connectivity index (χ2v) is 6.61. The Bertz CT molecular complexity index is 874. The highest BCUT2D eigenvalue weighted by Crippen LogP contribution is 2.34. The second kappa shape index (κ2) is 9.67. The minimum atomic E-state index is -4.53. The van der Waals surface area contributed by atoms with Gasteiger partial charge < -0.3 is 15.4 Å². The van der Waals surface area contributed by atoms with E-state index in [-0.39, 0.29) is 17.3 Å². The van der Waals surface area contributed by atoms with Crippen molar-refractivity contribution in [3.05, 3.63) is 46.3 Å². The lowest BCUT2D eigenvalue weighted by Crippen LogP contribution is -2.37. The third-order valence-electron chi connectivity index (χ3n) is 4.50. The number of rotatable bonds is 8. The number of benzene rings is 1. The van der Waals surface area contributed by atoms with Crippen molar-refractivity contribution in [1.29, 1.82) is 0 Å². The molecule has 1 aromatic carbocycles. The van der Waals surface area contributed by atoms with Gasteiger partial charge in [-0.3, -0.25) is 15.0 Å². The molecule has 3 rings (SSSR count). The van der Waals surface area contributed by atoms with E-state index in [1.54, 1.807) is 0 Å². The number of alkyl halides is 3. The fourth-order valence-electron chi connectivity index (χ4n) is 3.02. The van der Waals surface area contributed by atoms with Gasteiger partial charge in [-0.1, -0.05) is 6.07 Å². The van der Waals surface area contributed by atoms with Crippen LogP contribution in [0.15, 0.2) is 30.6 Å². The molecule has 162 valence electrons. The molecule has 0 saturated carbocycles. The van der Waals surface area contributed by atoms with Crippen LogP contribution in [0.5, 0.6) is 0 Å². The van der Waals surface area contributed by atoms with Crippen LogP contribution < -0.4 is 10.6 Å². The first-order valence-electron chi connectivity index (χ1n) is 9.32. The van der Waals surface area contributed by atoms with Crippen LogP contribution >= 0.6 is 0 Å². The van der Waals surface area contributed by atoms with Gasteiger partial charge >= 0.3 is 11.9 Å². The van der Waals surface area contributed by atoms with E-state index in [1.807, 2.05) is 0 Å². The summed E-state index contributed by atoms with van der Waals surface area (Å²) in [6.45, 7) is 4.32. The molecule has 0 amide bonds. The Morgan fingerprint density at radius 1 is 1.20 bits per heavy atom. The molecular formula is C18H21F3N6O3. The van der Waals surface area contributed by atoms with Crippen LogP contribution in [0, 0.1) is 10.1 Å². The molecule has 9 nitrogen and oxygen atoms in total. The molecule has 1 aliphatic rings. The lowest BCUT2D eigenvalue weighted by Gasteiger charge is -2.26. The van der Waals surface area contributed by atoms with Crippen molar-refractivity contribution in [2.75, 3.05) is 50.0 Å². The molecule has 1 fully saturated rings. The van der Waals surface area contributed by atoms with E-state index in [1.165, 1.54) is 12.1 Å². The van der Waals surface area contributed by atoms with Crippen molar-refractivity contribution in [3.63, 3.8) is 0 Å². The summed E-state index contributed by atoms with van der Waals surface area (Å²) >= 11 is 0. The number of halogens is 3. The summed E-state index contributed by atoms with van der Waals surface area (Å²) in [7, 11) is 0. The zero-order valence-electron chi connectivity index (χ0n) is 16.0. The number of morpholine rings is 1. The third kappa shape index (κ3) is 5.76. The van der Waals surface area contributed by atoms with E-state index in [0.717, 1.165) is 44.5 Å². The average Bonchev–Trinajstić information content (AvgIpc) is 2.71. The summed E-state index contributed by atoms with van der Waals surface area (Å²) in [6.07, 6.45) is -2.67. The highest BCUT2D eigenvalue weighted by atomic mass is 19.4. The van der Waals surface area contributed by atoms with Crippen LogP contribution in [0.3, 0.4) is 0 Å². The number of anilines is 3. The Kier molecular flexibility index (Phi) is 7.00. The summed E-state index contributed by atoms with van der Waals surface area (Å²) in [5, 5.41) is 17.1. The molecule has 2 heterocycles. The predicted molar refractivity (Wildman–Crippen MR) is 104 cm³/mol. The molecule has 0 radical (unpaired) electrons. The number of nitro groups is 1. The van der Waals surface area contributed by atoms with E-state index in [2.05, 4.69) is 25.5 Å². The van der Waals surface area contributed by atoms with E-state index in [9.17, 15) is 23.3 Å². The molecule has 1 aliphatic heterocycles. The van der Waals surface area contributed by atoms with Crippen LogP contribution in [-0.4, -0.2) is 59.2 Å². The maximum absolute atomic E-state index is 12.9. The Morgan fingerprint density at radius 3 is 2.63 bits per heavy atom. The van der Waals surface area contributed by atoms with Crippen molar-refractivity contribution in [2.24, 2.45) is 0 Å². The number of aromatic nitrogens is 2. The second-order valence-electron chi connectivity index (χ2n) is 6.61. The standard InChI is InChI=1S/C18H21F3N6O3/c19-18(20,21)13-3-1-4-14(11-13)25-17-15(27(28)29)16(23-12-24-17)22-5-2-6-26-7-9-30-10-8-26/h1,3-4,11-12H,2,5-10H2,(H2,22,23,24,25). The fraction of sp³-hybridized carbons (Fsp3) is 0.444. The van der Waals surface area contributed by atoms with Gasteiger partial charge in [-0.15, -0.1) is 0 Å². The minimum absolute atomic E-state index is 0.00598. The highest BCUT2D eigenvalue weighted by Gasteiger charge is 2.31. The molecule has 0 aliphatic carbocycles. The van der Waals surface area contributed by atoms with Gasteiger partial charge in [0.2, 0.25) is 11.6 Å². The predicted octanol–water partition coefficient (Wildman–Crippen LogP) is 3.28. The molecular weight excluding hydrogens is 405 g/mol. The molecule has 12 heteroatoms. The van der Waals surface area contributed by atoms with Gasteiger partial charge in [0.05, 0.1) is 23.7 Å². The lowest BCUT2D eigenvalue weighted by atomic mass is 10.2. The minimum Gasteiger partial charge on any atom is -0.379 e. The largest absolute Gasteiger partial charge is 0.416 e. The van der Waals surface area contributed by atoms with E-state index < -0.39 is 22.4 Å². The molecule has 0 atom stereocenters. The maximum atomic E-state index is 12.9. The smallest absolute Gasteiger partial charge is 0.379 e. The SMILES string of the molecule is O=[N+]([O-])c1c(NCCCN2CCOCC2)ncnc1Nc1cccc(C(F)(F)F)c1. The first kappa shape index (κ1) is 21.7. The van der Waals surface area contributed by atoms with E-state index >= 15 is 0 Å².